The first-order valence-corrected chi connectivity index (χ1v) is 15.3. The highest BCUT2D eigenvalue weighted by atomic mass is 32.2. The van der Waals surface area contributed by atoms with E-state index in [0.29, 0.717) is 28.7 Å². The lowest BCUT2D eigenvalue weighted by molar-refractivity contribution is -0.116. The van der Waals surface area contributed by atoms with Crippen molar-refractivity contribution < 1.29 is 14.4 Å². The highest BCUT2D eigenvalue weighted by Crippen LogP contribution is 2.29. The van der Waals surface area contributed by atoms with Gasteiger partial charge in [-0.2, -0.15) is 0 Å². The van der Waals surface area contributed by atoms with E-state index in [0.717, 1.165) is 15.5 Å². The number of thioether (sulfide) groups is 1. The molecule has 0 bridgehead atoms. The molecular weight excluding hydrogens is 567 g/mol. The Morgan fingerprint density at radius 3 is 2.31 bits per heavy atom. The molecule has 0 radical (unpaired) electrons. The molecule has 0 fully saturated rings. The number of hydrogen-bond donors (Lipinski definition) is 3. The van der Waals surface area contributed by atoms with Crippen molar-refractivity contribution in [1.82, 2.24) is 15.5 Å². The van der Waals surface area contributed by atoms with Gasteiger partial charge in [0.2, 0.25) is 11.0 Å². The van der Waals surface area contributed by atoms with E-state index in [9.17, 15) is 14.4 Å². The van der Waals surface area contributed by atoms with Crippen molar-refractivity contribution in [3.05, 3.63) is 106 Å². The molecule has 1 unspecified atom stereocenters. The van der Waals surface area contributed by atoms with Crippen LogP contribution in [0, 0.1) is 6.92 Å². The highest BCUT2D eigenvalue weighted by molar-refractivity contribution is 8.00. The zero-order chi connectivity index (χ0) is 30.1. The zero-order valence-corrected chi connectivity index (χ0v) is 25.5. The average molecular weight is 600 g/mol. The van der Waals surface area contributed by atoms with Crippen molar-refractivity contribution in [3.8, 4) is 0 Å². The summed E-state index contributed by atoms with van der Waals surface area (Å²) in [5.41, 5.74) is 3.05. The molecule has 216 valence electrons. The second-order valence-corrected chi connectivity index (χ2v) is 12.3. The van der Waals surface area contributed by atoms with Crippen LogP contribution in [0.3, 0.4) is 0 Å². The number of anilines is 2. The second kappa shape index (κ2) is 14.6. The summed E-state index contributed by atoms with van der Waals surface area (Å²) in [6.45, 7) is 8.00. The Balaban J connectivity index is 1.51. The maximum atomic E-state index is 13.5. The molecule has 0 aliphatic rings. The quantitative estimate of drug-likeness (QED) is 0.128. The maximum Gasteiger partial charge on any atom is 0.272 e. The minimum atomic E-state index is -0.467. The number of rotatable bonds is 11. The molecule has 1 atom stereocenters. The molecule has 10 heteroatoms. The van der Waals surface area contributed by atoms with Crippen molar-refractivity contribution in [1.29, 1.82) is 0 Å². The molecule has 4 aromatic rings. The summed E-state index contributed by atoms with van der Waals surface area (Å²) in [7, 11) is 0. The summed E-state index contributed by atoms with van der Waals surface area (Å²) in [6.07, 6.45) is 2.25. The Morgan fingerprint density at radius 1 is 0.929 bits per heavy atom. The number of nitrogens with zero attached hydrogens (tertiary/aromatic N) is 2. The van der Waals surface area contributed by atoms with Gasteiger partial charge in [-0.25, -0.2) is 0 Å². The predicted molar refractivity (Wildman–Crippen MR) is 171 cm³/mol. The Morgan fingerprint density at radius 2 is 1.67 bits per heavy atom. The fourth-order valence-electron chi connectivity index (χ4n) is 3.95. The lowest BCUT2D eigenvalue weighted by atomic mass is 10.0. The van der Waals surface area contributed by atoms with Crippen molar-refractivity contribution in [2.45, 2.75) is 50.2 Å². The third kappa shape index (κ3) is 8.61. The number of carbonyl (C=O) groups is 3. The molecular formula is C32H33N5O3S2. The molecule has 0 saturated heterocycles. The summed E-state index contributed by atoms with van der Waals surface area (Å²) < 4.78 is 0. The van der Waals surface area contributed by atoms with E-state index in [4.69, 9.17) is 0 Å². The molecule has 4 rings (SSSR count). The molecule has 1 heterocycles. The first-order chi connectivity index (χ1) is 20.2. The van der Waals surface area contributed by atoms with Crippen LogP contribution in [0.25, 0.3) is 6.08 Å². The number of benzene rings is 3. The SMILES string of the molecule is CCC(Sc1cccc(NC(=O)/C(=C\c2ccc(C(C)C)cc2)NC(=O)c2ccccc2)c1)C(=O)Nc1nnc(C)s1. The van der Waals surface area contributed by atoms with Gasteiger partial charge in [-0.3, -0.25) is 19.7 Å². The van der Waals surface area contributed by atoms with E-state index >= 15 is 0 Å². The van der Waals surface area contributed by atoms with Crippen LogP contribution < -0.4 is 16.0 Å². The van der Waals surface area contributed by atoms with Crippen molar-refractivity contribution in [2.24, 2.45) is 0 Å². The minimum absolute atomic E-state index is 0.109. The normalized spacial score (nSPS) is 12.1. The maximum absolute atomic E-state index is 13.5. The molecule has 8 nitrogen and oxygen atoms in total. The third-order valence-corrected chi connectivity index (χ3v) is 8.34. The molecule has 0 aliphatic heterocycles. The fraction of sp³-hybridized carbons (Fsp3) is 0.219. The van der Waals surface area contributed by atoms with E-state index in [-0.39, 0.29) is 22.8 Å². The number of aryl methyl sites for hydroxylation is 1. The number of nitrogens with one attached hydrogen (secondary N) is 3. The summed E-state index contributed by atoms with van der Waals surface area (Å²) >= 11 is 2.72. The summed E-state index contributed by atoms with van der Waals surface area (Å²) in [5, 5.41) is 17.3. The van der Waals surface area contributed by atoms with Gasteiger partial charge in [-0.1, -0.05) is 80.6 Å². The summed E-state index contributed by atoms with van der Waals surface area (Å²) in [6, 6.07) is 23.9. The molecule has 3 N–H and O–H groups in total. The number of carbonyl (C=O) groups excluding carboxylic acids is 3. The lowest BCUT2D eigenvalue weighted by Gasteiger charge is -2.15. The molecule has 42 heavy (non-hydrogen) atoms. The minimum Gasteiger partial charge on any atom is -0.321 e. The number of hydrogen-bond acceptors (Lipinski definition) is 7. The Labute approximate surface area is 254 Å². The van der Waals surface area contributed by atoms with Crippen molar-refractivity contribution >= 4 is 57.7 Å². The Kier molecular flexibility index (Phi) is 10.6. The van der Waals surface area contributed by atoms with Crippen molar-refractivity contribution in [3.63, 3.8) is 0 Å². The van der Waals surface area contributed by atoms with Crippen LogP contribution in [0.5, 0.6) is 0 Å². The van der Waals surface area contributed by atoms with Crippen LogP contribution in [-0.2, 0) is 9.59 Å². The van der Waals surface area contributed by atoms with Gasteiger partial charge in [0.25, 0.3) is 11.8 Å². The predicted octanol–water partition coefficient (Wildman–Crippen LogP) is 6.89. The molecule has 0 spiro atoms. The van der Waals surface area contributed by atoms with Crippen molar-refractivity contribution in [2.75, 3.05) is 10.6 Å². The Bertz CT molecular complexity index is 1570. The smallest absolute Gasteiger partial charge is 0.272 e. The molecule has 1 aromatic heterocycles. The number of amides is 3. The topological polar surface area (TPSA) is 113 Å². The van der Waals surface area contributed by atoms with Gasteiger partial charge >= 0.3 is 0 Å². The monoisotopic (exact) mass is 599 g/mol. The van der Waals surface area contributed by atoms with Gasteiger partial charge in [0.15, 0.2) is 0 Å². The van der Waals surface area contributed by atoms with Gasteiger partial charge in [-0.15, -0.1) is 22.0 Å². The van der Waals surface area contributed by atoms with Gasteiger partial charge in [-0.05, 0) is 66.8 Å². The molecule has 0 saturated carbocycles. The van der Waals surface area contributed by atoms with Gasteiger partial charge < -0.3 is 10.6 Å². The van der Waals surface area contributed by atoms with E-state index in [1.165, 1.54) is 28.7 Å². The Hall–Kier alpha value is -4.28. The van der Waals surface area contributed by atoms with Crippen LogP contribution in [0.1, 0.15) is 59.6 Å². The van der Waals surface area contributed by atoms with E-state index < -0.39 is 5.91 Å². The second-order valence-electron chi connectivity index (χ2n) is 9.81. The first-order valence-electron chi connectivity index (χ1n) is 13.6. The van der Waals surface area contributed by atoms with Crippen LogP contribution >= 0.6 is 23.1 Å². The average Bonchev–Trinajstić information content (AvgIpc) is 3.40. The molecule has 3 aromatic carbocycles. The van der Waals surface area contributed by atoms with Gasteiger partial charge in [0.05, 0.1) is 5.25 Å². The van der Waals surface area contributed by atoms with E-state index in [2.05, 4.69) is 40.0 Å². The summed E-state index contributed by atoms with van der Waals surface area (Å²) in [4.78, 5) is 40.1. The highest BCUT2D eigenvalue weighted by Gasteiger charge is 2.20. The van der Waals surface area contributed by atoms with Gasteiger partial charge in [0, 0.05) is 16.1 Å². The van der Waals surface area contributed by atoms with Crippen LogP contribution in [0.2, 0.25) is 0 Å². The first kappa shape index (κ1) is 30.7. The number of aromatic nitrogens is 2. The van der Waals surface area contributed by atoms with Crippen LogP contribution in [-0.4, -0.2) is 33.2 Å². The zero-order valence-electron chi connectivity index (χ0n) is 23.9. The summed E-state index contributed by atoms with van der Waals surface area (Å²) in [5.74, 6) is -0.639. The standard InChI is InChI=1S/C32H33N5O3S2/c1-5-28(31(40)35-32-37-36-21(4)41-32)42-26-13-9-12-25(19-26)33-30(39)27(34-29(38)24-10-7-6-8-11-24)18-22-14-16-23(17-15-22)20(2)3/h6-20,28H,5H2,1-4H3,(H,33,39)(H,34,38)(H,35,37,40)/b27-18+. The van der Waals surface area contributed by atoms with E-state index in [1.54, 1.807) is 36.4 Å². The fourth-order valence-corrected chi connectivity index (χ4v) is 5.56. The third-order valence-electron chi connectivity index (χ3n) is 6.23. The lowest BCUT2D eigenvalue weighted by Crippen LogP contribution is -2.30. The van der Waals surface area contributed by atoms with Crippen LogP contribution in [0.4, 0.5) is 10.8 Å². The van der Waals surface area contributed by atoms with Gasteiger partial charge in [0.1, 0.15) is 10.7 Å². The van der Waals surface area contributed by atoms with E-state index in [1.807, 2.05) is 62.4 Å². The molecule has 0 aliphatic carbocycles. The molecule has 3 amide bonds. The largest absolute Gasteiger partial charge is 0.321 e. The van der Waals surface area contributed by atoms with Crippen LogP contribution in [0.15, 0.2) is 89.5 Å².